The topological polar surface area (TPSA) is 77.7 Å². The number of hydrogen-bond donors (Lipinski definition) is 2. The van der Waals surface area contributed by atoms with Gasteiger partial charge in [-0.1, -0.05) is 24.3 Å². The van der Waals surface area contributed by atoms with Gasteiger partial charge in [-0.05, 0) is 17.5 Å². The Labute approximate surface area is 153 Å². The van der Waals surface area contributed by atoms with Crippen molar-refractivity contribution in [2.75, 3.05) is 6.54 Å². The van der Waals surface area contributed by atoms with E-state index in [1.54, 1.807) is 11.3 Å². The Kier molecular flexibility index (Phi) is 3.69. The van der Waals surface area contributed by atoms with Crippen LogP contribution in [0.5, 0.6) is 0 Å². The third-order valence-electron chi connectivity index (χ3n) is 4.82. The molecule has 26 heavy (non-hydrogen) atoms. The summed E-state index contributed by atoms with van der Waals surface area (Å²) >= 11 is 1.59. The second kappa shape index (κ2) is 6.19. The van der Waals surface area contributed by atoms with E-state index in [1.807, 2.05) is 35.7 Å². The molecule has 2 N–H and O–H groups in total. The Bertz CT molecular complexity index is 1130. The van der Waals surface area contributed by atoms with Gasteiger partial charge < -0.3 is 4.98 Å². The van der Waals surface area contributed by atoms with Gasteiger partial charge in [-0.3, -0.25) is 14.8 Å². The molecule has 0 fully saturated rings. The summed E-state index contributed by atoms with van der Waals surface area (Å²) in [4.78, 5) is 23.5. The first-order valence-electron chi connectivity index (χ1n) is 8.58. The Hall–Kier alpha value is -2.77. The summed E-state index contributed by atoms with van der Waals surface area (Å²) in [6.45, 7) is 2.22. The van der Waals surface area contributed by atoms with Crippen LogP contribution in [0.4, 0.5) is 0 Å². The van der Waals surface area contributed by atoms with Crippen LogP contribution >= 0.6 is 11.3 Å². The molecule has 0 amide bonds. The van der Waals surface area contributed by atoms with Crippen molar-refractivity contribution in [2.45, 2.75) is 19.5 Å². The summed E-state index contributed by atoms with van der Waals surface area (Å²) in [6, 6.07) is 12.0. The summed E-state index contributed by atoms with van der Waals surface area (Å²) in [5, 5.41) is 10.6. The Balaban J connectivity index is 1.42. The summed E-state index contributed by atoms with van der Waals surface area (Å²) < 4.78 is 0. The summed E-state index contributed by atoms with van der Waals surface area (Å²) in [6.07, 6.45) is 0.781. The SMILES string of the molecule is O=c1[nH]c(-c2cccs2)nc2c1CN(Cc1[nH]nc3ccccc13)CC2. The van der Waals surface area contributed by atoms with Crippen molar-refractivity contribution in [3.63, 3.8) is 0 Å². The summed E-state index contributed by atoms with van der Waals surface area (Å²) in [7, 11) is 0. The highest BCUT2D eigenvalue weighted by Gasteiger charge is 2.22. The van der Waals surface area contributed by atoms with Gasteiger partial charge in [0.1, 0.15) is 0 Å². The van der Waals surface area contributed by atoms with Crippen LogP contribution in [0.3, 0.4) is 0 Å². The maximum absolute atomic E-state index is 12.6. The molecule has 0 spiro atoms. The van der Waals surface area contributed by atoms with E-state index in [-0.39, 0.29) is 5.56 Å². The minimum absolute atomic E-state index is 0.0300. The largest absolute Gasteiger partial charge is 0.306 e. The molecule has 1 aliphatic rings. The molecular weight excluding hydrogens is 346 g/mol. The zero-order valence-corrected chi connectivity index (χ0v) is 14.8. The van der Waals surface area contributed by atoms with Crippen molar-refractivity contribution in [1.82, 2.24) is 25.1 Å². The second-order valence-corrected chi connectivity index (χ2v) is 7.44. The summed E-state index contributed by atoms with van der Waals surface area (Å²) in [5.41, 5.74) is 3.73. The molecule has 0 saturated heterocycles. The van der Waals surface area contributed by atoms with Gasteiger partial charge in [0, 0.05) is 31.4 Å². The third-order valence-corrected chi connectivity index (χ3v) is 5.70. The Morgan fingerprint density at radius 1 is 1.19 bits per heavy atom. The predicted molar refractivity (Wildman–Crippen MR) is 102 cm³/mol. The fourth-order valence-electron chi connectivity index (χ4n) is 3.50. The van der Waals surface area contributed by atoms with Crippen molar-refractivity contribution < 1.29 is 0 Å². The third kappa shape index (κ3) is 2.65. The van der Waals surface area contributed by atoms with E-state index in [9.17, 15) is 4.79 Å². The number of rotatable bonds is 3. The fraction of sp³-hybridized carbons (Fsp3) is 0.211. The molecule has 7 heteroatoms. The average molecular weight is 363 g/mol. The van der Waals surface area contributed by atoms with Gasteiger partial charge in [0.05, 0.1) is 27.3 Å². The van der Waals surface area contributed by atoms with Gasteiger partial charge >= 0.3 is 0 Å². The zero-order chi connectivity index (χ0) is 17.5. The minimum atomic E-state index is -0.0300. The molecule has 0 bridgehead atoms. The van der Waals surface area contributed by atoms with Crippen LogP contribution < -0.4 is 5.56 Å². The molecule has 4 aromatic rings. The normalized spacial score (nSPS) is 14.6. The number of fused-ring (bicyclic) bond motifs is 2. The van der Waals surface area contributed by atoms with Gasteiger partial charge in [0.25, 0.3) is 5.56 Å². The van der Waals surface area contributed by atoms with Crippen LogP contribution in [0.15, 0.2) is 46.6 Å². The van der Waals surface area contributed by atoms with Gasteiger partial charge in [-0.25, -0.2) is 4.98 Å². The monoisotopic (exact) mass is 363 g/mol. The van der Waals surface area contributed by atoms with Crippen LogP contribution in [-0.2, 0) is 19.5 Å². The van der Waals surface area contributed by atoms with Crippen molar-refractivity contribution in [1.29, 1.82) is 0 Å². The highest BCUT2D eigenvalue weighted by molar-refractivity contribution is 7.13. The summed E-state index contributed by atoms with van der Waals surface area (Å²) in [5.74, 6) is 0.678. The molecule has 130 valence electrons. The van der Waals surface area contributed by atoms with Gasteiger partial charge in [0.2, 0.25) is 0 Å². The lowest BCUT2D eigenvalue weighted by atomic mass is 10.1. The van der Waals surface area contributed by atoms with E-state index in [0.29, 0.717) is 12.4 Å². The molecule has 0 aliphatic carbocycles. The number of nitrogens with zero attached hydrogens (tertiary/aromatic N) is 3. The molecule has 6 nitrogen and oxygen atoms in total. The molecule has 3 aromatic heterocycles. The number of aromatic amines is 2. The maximum Gasteiger partial charge on any atom is 0.255 e. The van der Waals surface area contributed by atoms with Crippen LogP contribution in [0.25, 0.3) is 21.6 Å². The van der Waals surface area contributed by atoms with E-state index >= 15 is 0 Å². The minimum Gasteiger partial charge on any atom is -0.306 e. The second-order valence-electron chi connectivity index (χ2n) is 6.50. The van der Waals surface area contributed by atoms with Gasteiger partial charge in [0.15, 0.2) is 5.82 Å². The number of aromatic nitrogens is 4. The predicted octanol–water partition coefficient (Wildman–Crippen LogP) is 2.93. The van der Waals surface area contributed by atoms with Crippen LogP contribution in [0.1, 0.15) is 17.0 Å². The lowest BCUT2D eigenvalue weighted by Crippen LogP contribution is -2.35. The van der Waals surface area contributed by atoms with Gasteiger partial charge in [-0.15, -0.1) is 11.3 Å². The highest BCUT2D eigenvalue weighted by Crippen LogP contribution is 2.24. The standard InChI is InChI=1S/C19H17N5OS/c25-19-13-10-24(11-16-12-4-1-2-5-15(12)22-23-16)8-7-14(13)20-18(21-19)17-6-3-9-26-17/h1-6,9H,7-8,10-11H2,(H,22,23)(H,20,21,25). The van der Waals surface area contributed by atoms with Crippen molar-refractivity contribution in [3.05, 3.63) is 69.1 Å². The molecule has 1 aromatic carbocycles. The van der Waals surface area contributed by atoms with E-state index < -0.39 is 0 Å². The van der Waals surface area contributed by atoms with E-state index in [1.165, 1.54) is 0 Å². The highest BCUT2D eigenvalue weighted by atomic mass is 32.1. The molecule has 0 unspecified atom stereocenters. The molecule has 4 heterocycles. The number of hydrogen-bond acceptors (Lipinski definition) is 5. The molecule has 5 rings (SSSR count). The van der Waals surface area contributed by atoms with Crippen LogP contribution in [-0.4, -0.2) is 31.6 Å². The number of benzene rings is 1. The van der Waals surface area contributed by atoms with E-state index in [4.69, 9.17) is 4.98 Å². The van der Waals surface area contributed by atoms with Crippen LogP contribution in [0.2, 0.25) is 0 Å². The number of para-hydroxylation sites is 1. The fourth-order valence-corrected chi connectivity index (χ4v) is 4.17. The van der Waals surface area contributed by atoms with Crippen LogP contribution in [0, 0.1) is 0 Å². The van der Waals surface area contributed by atoms with E-state index in [2.05, 4.69) is 26.1 Å². The molecule has 0 atom stereocenters. The molecule has 0 saturated carbocycles. The molecular formula is C19H17N5OS. The first kappa shape index (κ1) is 15.5. The van der Waals surface area contributed by atoms with E-state index in [0.717, 1.165) is 52.2 Å². The van der Waals surface area contributed by atoms with Crippen molar-refractivity contribution >= 4 is 22.2 Å². The first-order valence-corrected chi connectivity index (χ1v) is 9.46. The van der Waals surface area contributed by atoms with Gasteiger partial charge in [-0.2, -0.15) is 5.10 Å². The zero-order valence-electron chi connectivity index (χ0n) is 14.0. The molecule has 0 radical (unpaired) electrons. The lowest BCUT2D eigenvalue weighted by Gasteiger charge is -2.27. The first-order chi connectivity index (χ1) is 12.8. The Morgan fingerprint density at radius 2 is 2.12 bits per heavy atom. The Morgan fingerprint density at radius 3 is 3.00 bits per heavy atom. The average Bonchev–Trinajstić information content (AvgIpc) is 3.33. The smallest absolute Gasteiger partial charge is 0.255 e. The lowest BCUT2D eigenvalue weighted by molar-refractivity contribution is 0.240. The quantitative estimate of drug-likeness (QED) is 0.587. The maximum atomic E-state index is 12.6. The number of nitrogens with one attached hydrogen (secondary N) is 2. The number of H-pyrrole nitrogens is 2. The van der Waals surface area contributed by atoms with Crippen molar-refractivity contribution in [2.24, 2.45) is 0 Å². The van der Waals surface area contributed by atoms with Crippen molar-refractivity contribution in [3.8, 4) is 10.7 Å². The number of thiophene rings is 1. The molecule has 1 aliphatic heterocycles.